The Kier molecular flexibility index (Phi) is 5.49. The molecule has 0 bridgehead atoms. The first-order valence-corrected chi connectivity index (χ1v) is 10.1. The van der Waals surface area contributed by atoms with Gasteiger partial charge in [-0.2, -0.15) is 18.3 Å². The minimum absolute atomic E-state index is 0.0587. The molecule has 1 aliphatic rings. The van der Waals surface area contributed by atoms with Crippen molar-refractivity contribution in [3.8, 4) is 11.3 Å². The SMILES string of the molecule is Cn1ncc2c(C(=O)NC3CCCCCC3)cc(-c3ccccc3C(F)(F)F)nc21. The molecule has 158 valence electrons. The first kappa shape index (κ1) is 20.4. The third kappa shape index (κ3) is 4.04. The Bertz CT molecular complexity index is 1070. The van der Waals surface area contributed by atoms with Gasteiger partial charge in [-0.05, 0) is 25.0 Å². The number of alkyl halides is 3. The van der Waals surface area contributed by atoms with Crippen molar-refractivity contribution in [2.24, 2.45) is 7.05 Å². The summed E-state index contributed by atoms with van der Waals surface area (Å²) in [6.45, 7) is 0. The Balaban J connectivity index is 1.79. The van der Waals surface area contributed by atoms with Crippen molar-refractivity contribution in [2.45, 2.75) is 50.7 Å². The van der Waals surface area contributed by atoms with Gasteiger partial charge in [-0.1, -0.05) is 43.9 Å². The highest BCUT2D eigenvalue weighted by atomic mass is 19.4. The third-order valence-corrected chi connectivity index (χ3v) is 5.65. The van der Waals surface area contributed by atoms with Crippen molar-refractivity contribution in [1.29, 1.82) is 0 Å². The maximum Gasteiger partial charge on any atom is 0.417 e. The molecule has 30 heavy (non-hydrogen) atoms. The summed E-state index contributed by atoms with van der Waals surface area (Å²) in [4.78, 5) is 17.5. The topological polar surface area (TPSA) is 59.8 Å². The van der Waals surface area contributed by atoms with E-state index < -0.39 is 11.7 Å². The monoisotopic (exact) mass is 416 g/mol. The fraction of sp³-hybridized carbons (Fsp3) is 0.409. The number of fused-ring (bicyclic) bond motifs is 1. The summed E-state index contributed by atoms with van der Waals surface area (Å²) in [5, 5.41) is 7.76. The number of nitrogens with one attached hydrogen (secondary N) is 1. The predicted molar refractivity (Wildman–Crippen MR) is 108 cm³/mol. The summed E-state index contributed by atoms with van der Waals surface area (Å²) >= 11 is 0. The maximum absolute atomic E-state index is 13.5. The molecule has 8 heteroatoms. The Morgan fingerprint density at radius 1 is 1.13 bits per heavy atom. The fourth-order valence-corrected chi connectivity index (χ4v) is 4.08. The second-order valence-corrected chi connectivity index (χ2v) is 7.77. The van der Waals surface area contributed by atoms with Crippen molar-refractivity contribution in [1.82, 2.24) is 20.1 Å². The molecule has 1 N–H and O–H groups in total. The minimum atomic E-state index is -4.53. The summed E-state index contributed by atoms with van der Waals surface area (Å²) < 4.78 is 42.1. The lowest BCUT2D eigenvalue weighted by molar-refractivity contribution is -0.137. The van der Waals surface area contributed by atoms with Gasteiger partial charge in [-0.15, -0.1) is 0 Å². The first-order valence-electron chi connectivity index (χ1n) is 10.1. The van der Waals surface area contributed by atoms with Gasteiger partial charge >= 0.3 is 6.18 Å². The molecule has 0 radical (unpaired) electrons. The molecule has 1 amide bonds. The van der Waals surface area contributed by atoms with Crippen LogP contribution in [0.4, 0.5) is 13.2 Å². The zero-order chi connectivity index (χ0) is 21.3. The molecule has 2 heterocycles. The van der Waals surface area contributed by atoms with Gasteiger partial charge in [0.1, 0.15) is 0 Å². The van der Waals surface area contributed by atoms with E-state index in [9.17, 15) is 18.0 Å². The maximum atomic E-state index is 13.5. The van der Waals surface area contributed by atoms with E-state index in [2.05, 4.69) is 15.4 Å². The fourth-order valence-electron chi connectivity index (χ4n) is 4.08. The number of amides is 1. The molecule has 0 saturated heterocycles. The summed E-state index contributed by atoms with van der Waals surface area (Å²) in [7, 11) is 1.65. The van der Waals surface area contributed by atoms with E-state index >= 15 is 0 Å². The van der Waals surface area contributed by atoms with Crippen molar-refractivity contribution in [2.75, 3.05) is 0 Å². The summed E-state index contributed by atoms with van der Waals surface area (Å²) in [6, 6.07) is 6.79. The molecule has 2 aromatic heterocycles. The van der Waals surface area contributed by atoms with Crippen LogP contribution in [0.1, 0.15) is 54.4 Å². The Hall–Kier alpha value is -2.90. The molecule has 5 nitrogen and oxygen atoms in total. The molecule has 4 rings (SSSR count). The Labute approximate surface area is 172 Å². The van der Waals surface area contributed by atoms with Crippen LogP contribution < -0.4 is 5.32 Å². The molecule has 1 aliphatic carbocycles. The summed E-state index contributed by atoms with van der Waals surface area (Å²) in [6.07, 6.45) is 3.28. The van der Waals surface area contributed by atoms with Crippen LogP contribution in [0.25, 0.3) is 22.3 Å². The zero-order valence-electron chi connectivity index (χ0n) is 16.7. The number of aryl methyl sites for hydroxylation is 1. The van der Waals surface area contributed by atoms with Crippen molar-refractivity contribution in [3.63, 3.8) is 0 Å². The van der Waals surface area contributed by atoms with E-state index in [0.29, 0.717) is 16.6 Å². The molecule has 0 spiro atoms. The number of carbonyl (C=O) groups excluding carboxylic acids is 1. The lowest BCUT2D eigenvalue weighted by atomic mass is 10.0. The quantitative estimate of drug-likeness (QED) is 0.604. The minimum Gasteiger partial charge on any atom is -0.349 e. The number of aromatic nitrogens is 3. The van der Waals surface area contributed by atoms with Crippen molar-refractivity contribution in [3.05, 3.63) is 47.7 Å². The van der Waals surface area contributed by atoms with Gasteiger partial charge in [-0.25, -0.2) is 4.98 Å². The first-order chi connectivity index (χ1) is 14.3. The van der Waals surface area contributed by atoms with E-state index in [1.54, 1.807) is 7.05 Å². The van der Waals surface area contributed by atoms with E-state index in [1.165, 1.54) is 35.1 Å². The molecular formula is C22H23F3N4O. The Morgan fingerprint density at radius 3 is 2.53 bits per heavy atom. The molecule has 0 unspecified atom stereocenters. The van der Waals surface area contributed by atoms with Crippen LogP contribution in [-0.2, 0) is 13.2 Å². The highest BCUT2D eigenvalue weighted by Gasteiger charge is 2.34. The van der Waals surface area contributed by atoms with Crippen molar-refractivity contribution < 1.29 is 18.0 Å². The standard InChI is InChI=1S/C22H23F3N4O/c1-29-20-17(13-26-29)16(21(30)27-14-8-4-2-3-5-9-14)12-19(28-20)15-10-6-7-11-18(15)22(23,24)25/h6-7,10-14H,2-5,8-9H2,1H3,(H,27,30). The molecule has 1 fully saturated rings. The second kappa shape index (κ2) is 8.08. The zero-order valence-corrected chi connectivity index (χ0v) is 16.7. The van der Waals surface area contributed by atoms with Crippen LogP contribution >= 0.6 is 0 Å². The van der Waals surface area contributed by atoms with Crippen molar-refractivity contribution >= 4 is 16.9 Å². The molecule has 3 aromatic rings. The predicted octanol–water partition coefficient (Wildman–Crippen LogP) is 5.11. The number of benzene rings is 1. The van der Waals surface area contributed by atoms with Crippen LogP contribution in [-0.4, -0.2) is 26.7 Å². The number of rotatable bonds is 3. The second-order valence-electron chi connectivity index (χ2n) is 7.77. The number of hydrogen-bond acceptors (Lipinski definition) is 3. The van der Waals surface area contributed by atoms with Gasteiger partial charge in [0.15, 0.2) is 5.65 Å². The summed E-state index contributed by atoms with van der Waals surface area (Å²) in [5.74, 6) is -0.298. The van der Waals surface area contributed by atoms with Gasteiger partial charge in [0.2, 0.25) is 0 Å². The van der Waals surface area contributed by atoms with Gasteiger partial charge in [0, 0.05) is 18.7 Å². The van der Waals surface area contributed by atoms with Gasteiger partial charge in [-0.3, -0.25) is 9.48 Å². The van der Waals surface area contributed by atoms with Gasteiger partial charge in [0.05, 0.1) is 28.4 Å². The van der Waals surface area contributed by atoms with E-state index in [0.717, 1.165) is 44.6 Å². The van der Waals surface area contributed by atoms with E-state index in [1.807, 2.05) is 0 Å². The summed E-state index contributed by atoms with van der Waals surface area (Å²) in [5.41, 5.74) is -0.0735. The highest BCUT2D eigenvalue weighted by molar-refractivity contribution is 6.06. The lowest BCUT2D eigenvalue weighted by Gasteiger charge is -2.17. The average Bonchev–Trinajstić information content (AvgIpc) is 2.91. The van der Waals surface area contributed by atoms with Gasteiger partial charge in [0.25, 0.3) is 5.91 Å². The molecular weight excluding hydrogens is 393 g/mol. The number of hydrogen-bond donors (Lipinski definition) is 1. The number of halogens is 3. The van der Waals surface area contributed by atoms with E-state index in [-0.39, 0.29) is 23.2 Å². The average molecular weight is 416 g/mol. The molecule has 0 atom stereocenters. The van der Waals surface area contributed by atoms with Crippen LogP contribution in [0.5, 0.6) is 0 Å². The largest absolute Gasteiger partial charge is 0.417 e. The van der Waals surface area contributed by atoms with Crippen LogP contribution in [0.2, 0.25) is 0 Å². The Morgan fingerprint density at radius 2 is 1.83 bits per heavy atom. The highest BCUT2D eigenvalue weighted by Crippen LogP contribution is 2.37. The van der Waals surface area contributed by atoms with Crippen LogP contribution in [0.15, 0.2) is 36.5 Å². The molecule has 1 saturated carbocycles. The molecule has 1 aromatic carbocycles. The van der Waals surface area contributed by atoms with Gasteiger partial charge < -0.3 is 5.32 Å². The van der Waals surface area contributed by atoms with E-state index in [4.69, 9.17) is 0 Å². The van der Waals surface area contributed by atoms with Crippen LogP contribution in [0.3, 0.4) is 0 Å². The molecule has 0 aliphatic heterocycles. The third-order valence-electron chi connectivity index (χ3n) is 5.65. The number of nitrogens with zero attached hydrogens (tertiary/aromatic N) is 3. The van der Waals surface area contributed by atoms with Crippen LogP contribution in [0, 0.1) is 0 Å². The normalized spacial score (nSPS) is 15.9. The lowest BCUT2D eigenvalue weighted by Crippen LogP contribution is -2.34. The smallest absolute Gasteiger partial charge is 0.349 e. The number of pyridine rings is 1. The number of carbonyl (C=O) groups is 1.